The number of esters is 1. The summed E-state index contributed by atoms with van der Waals surface area (Å²) >= 11 is 0. The van der Waals surface area contributed by atoms with Crippen LogP contribution in [0.1, 0.15) is 25.5 Å². The highest BCUT2D eigenvalue weighted by Crippen LogP contribution is 2.17. The highest BCUT2D eigenvalue weighted by Gasteiger charge is 2.18. The van der Waals surface area contributed by atoms with Crippen LogP contribution in [0.15, 0.2) is 35.9 Å². The van der Waals surface area contributed by atoms with Crippen molar-refractivity contribution in [3.63, 3.8) is 0 Å². The Morgan fingerprint density at radius 1 is 1.35 bits per heavy atom. The molecule has 0 heterocycles. The average Bonchev–Trinajstić information content (AvgIpc) is 2.28. The Morgan fingerprint density at radius 2 is 1.94 bits per heavy atom. The second-order valence-corrected chi connectivity index (χ2v) is 3.91. The SMILES string of the molecule is CC(C)=CCOC(=O)C(O)c1ccc(O)cc1. The summed E-state index contributed by atoms with van der Waals surface area (Å²) in [5.41, 5.74) is 1.43. The molecule has 1 unspecified atom stereocenters. The first kappa shape index (κ1) is 13.3. The third-order valence-corrected chi connectivity index (χ3v) is 2.15. The van der Waals surface area contributed by atoms with Gasteiger partial charge in [-0.25, -0.2) is 4.79 Å². The molecule has 0 aliphatic heterocycles. The molecule has 92 valence electrons. The Hall–Kier alpha value is -1.81. The molecule has 4 nitrogen and oxygen atoms in total. The predicted octanol–water partition coefficient (Wildman–Crippen LogP) is 1.93. The zero-order valence-corrected chi connectivity index (χ0v) is 9.88. The quantitative estimate of drug-likeness (QED) is 0.619. The van der Waals surface area contributed by atoms with Gasteiger partial charge < -0.3 is 14.9 Å². The second kappa shape index (κ2) is 6.06. The van der Waals surface area contributed by atoms with Crippen LogP contribution in [0.4, 0.5) is 0 Å². The molecule has 0 fully saturated rings. The molecule has 0 aliphatic carbocycles. The van der Waals surface area contributed by atoms with Crippen molar-refractivity contribution in [3.05, 3.63) is 41.5 Å². The summed E-state index contributed by atoms with van der Waals surface area (Å²) in [4.78, 5) is 11.4. The van der Waals surface area contributed by atoms with Crippen LogP contribution in [0.25, 0.3) is 0 Å². The maximum absolute atomic E-state index is 11.4. The fraction of sp³-hybridized carbons (Fsp3) is 0.308. The lowest BCUT2D eigenvalue weighted by Crippen LogP contribution is -2.15. The van der Waals surface area contributed by atoms with Gasteiger partial charge in [0.25, 0.3) is 0 Å². The molecule has 0 aromatic heterocycles. The lowest BCUT2D eigenvalue weighted by atomic mass is 10.1. The van der Waals surface area contributed by atoms with Gasteiger partial charge in [-0.15, -0.1) is 0 Å². The summed E-state index contributed by atoms with van der Waals surface area (Å²) in [5.74, 6) is -0.618. The van der Waals surface area contributed by atoms with Crippen molar-refractivity contribution in [2.24, 2.45) is 0 Å². The molecule has 0 aliphatic rings. The van der Waals surface area contributed by atoms with Crippen LogP contribution >= 0.6 is 0 Å². The number of hydrogen-bond donors (Lipinski definition) is 2. The van der Waals surface area contributed by atoms with E-state index >= 15 is 0 Å². The minimum Gasteiger partial charge on any atom is -0.508 e. The molecule has 1 rings (SSSR count). The van der Waals surface area contributed by atoms with Crippen LogP contribution in [-0.4, -0.2) is 22.8 Å². The number of benzene rings is 1. The number of phenolic OH excluding ortho intramolecular Hbond substituents is 1. The highest BCUT2D eigenvalue weighted by atomic mass is 16.5. The van der Waals surface area contributed by atoms with Gasteiger partial charge >= 0.3 is 5.97 Å². The Kier molecular flexibility index (Phi) is 4.72. The van der Waals surface area contributed by atoms with Crippen LogP contribution in [0.5, 0.6) is 5.75 Å². The van der Waals surface area contributed by atoms with Gasteiger partial charge in [0.15, 0.2) is 6.10 Å². The molecular formula is C13H16O4. The van der Waals surface area contributed by atoms with Crippen molar-refractivity contribution >= 4 is 5.97 Å². The lowest BCUT2D eigenvalue weighted by molar-refractivity contribution is -0.152. The second-order valence-electron chi connectivity index (χ2n) is 3.91. The largest absolute Gasteiger partial charge is 0.508 e. The van der Waals surface area contributed by atoms with Crippen molar-refractivity contribution in [2.45, 2.75) is 20.0 Å². The van der Waals surface area contributed by atoms with Crippen LogP contribution in [-0.2, 0) is 9.53 Å². The fourth-order valence-electron chi connectivity index (χ4n) is 1.16. The molecule has 0 bridgehead atoms. The molecule has 0 radical (unpaired) electrons. The Balaban J connectivity index is 2.57. The predicted molar refractivity (Wildman–Crippen MR) is 63.5 cm³/mol. The number of carbonyl (C=O) groups excluding carboxylic acids is 1. The Morgan fingerprint density at radius 3 is 2.47 bits per heavy atom. The Labute approximate surface area is 100 Å². The number of ether oxygens (including phenoxy) is 1. The van der Waals surface area contributed by atoms with Gasteiger partial charge in [-0.05, 0) is 37.6 Å². The summed E-state index contributed by atoms with van der Waals surface area (Å²) in [6, 6.07) is 5.76. The standard InChI is InChI=1S/C13H16O4/c1-9(2)7-8-17-13(16)12(15)10-3-5-11(14)6-4-10/h3-7,12,14-15H,8H2,1-2H3. The van der Waals surface area contributed by atoms with Crippen LogP contribution in [0, 0.1) is 0 Å². The maximum Gasteiger partial charge on any atom is 0.339 e. The van der Waals surface area contributed by atoms with Gasteiger partial charge in [0, 0.05) is 0 Å². The number of aliphatic hydroxyl groups excluding tert-OH is 1. The lowest BCUT2D eigenvalue weighted by Gasteiger charge is -2.10. The number of allylic oxidation sites excluding steroid dienone is 1. The average molecular weight is 236 g/mol. The van der Waals surface area contributed by atoms with Crippen molar-refractivity contribution < 1.29 is 19.7 Å². The topological polar surface area (TPSA) is 66.8 Å². The van der Waals surface area contributed by atoms with Gasteiger partial charge in [0.05, 0.1) is 0 Å². The van der Waals surface area contributed by atoms with E-state index in [0.29, 0.717) is 5.56 Å². The third kappa shape index (κ3) is 4.28. The van der Waals surface area contributed by atoms with E-state index in [1.165, 1.54) is 24.3 Å². The van der Waals surface area contributed by atoms with Gasteiger partial charge in [-0.3, -0.25) is 0 Å². The molecular weight excluding hydrogens is 220 g/mol. The molecule has 1 aromatic carbocycles. The van der Waals surface area contributed by atoms with Crippen LogP contribution in [0.3, 0.4) is 0 Å². The zero-order valence-electron chi connectivity index (χ0n) is 9.88. The van der Waals surface area contributed by atoms with E-state index in [1.807, 2.05) is 13.8 Å². The number of hydrogen-bond acceptors (Lipinski definition) is 4. The smallest absolute Gasteiger partial charge is 0.339 e. The molecule has 0 amide bonds. The number of aromatic hydroxyl groups is 1. The molecule has 2 N–H and O–H groups in total. The first-order chi connectivity index (χ1) is 8.00. The molecule has 17 heavy (non-hydrogen) atoms. The van der Waals surface area contributed by atoms with Gasteiger partial charge in [-0.1, -0.05) is 17.7 Å². The van der Waals surface area contributed by atoms with Gasteiger partial charge in [-0.2, -0.15) is 0 Å². The van der Waals surface area contributed by atoms with Crippen molar-refractivity contribution in [1.82, 2.24) is 0 Å². The van der Waals surface area contributed by atoms with Gasteiger partial charge in [0.1, 0.15) is 12.4 Å². The van der Waals surface area contributed by atoms with E-state index in [9.17, 15) is 9.90 Å². The van der Waals surface area contributed by atoms with Crippen LogP contribution < -0.4 is 0 Å². The molecule has 4 heteroatoms. The Bertz CT molecular complexity index is 402. The summed E-state index contributed by atoms with van der Waals surface area (Å²) < 4.78 is 4.87. The maximum atomic E-state index is 11.4. The summed E-state index contributed by atoms with van der Waals surface area (Å²) in [5, 5.41) is 18.7. The number of carbonyl (C=O) groups is 1. The van der Waals surface area contributed by atoms with E-state index in [0.717, 1.165) is 5.57 Å². The van der Waals surface area contributed by atoms with E-state index in [1.54, 1.807) is 6.08 Å². The fourth-order valence-corrected chi connectivity index (χ4v) is 1.16. The minimum absolute atomic E-state index is 0.0823. The molecule has 0 saturated carbocycles. The van der Waals surface area contributed by atoms with Crippen molar-refractivity contribution in [2.75, 3.05) is 6.61 Å². The summed E-state index contributed by atoms with van der Waals surface area (Å²) in [7, 11) is 0. The summed E-state index contributed by atoms with van der Waals surface area (Å²) in [6.07, 6.45) is 0.433. The number of rotatable bonds is 4. The first-order valence-corrected chi connectivity index (χ1v) is 5.27. The molecule has 1 atom stereocenters. The van der Waals surface area contributed by atoms with E-state index in [-0.39, 0.29) is 12.4 Å². The summed E-state index contributed by atoms with van der Waals surface area (Å²) in [6.45, 7) is 3.94. The van der Waals surface area contributed by atoms with E-state index in [2.05, 4.69) is 0 Å². The van der Waals surface area contributed by atoms with Crippen molar-refractivity contribution in [3.8, 4) is 5.75 Å². The van der Waals surface area contributed by atoms with Crippen LogP contribution in [0.2, 0.25) is 0 Å². The first-order valence-electron chi connectivity index (χ1n) is 5.27. The molecule has 0 spiro atoms. The highest BCUT2D eigenvalue weighted by molar-refractivity contribution is 5.76. The van der Waals surface area contributed by atoms with E-state index in [4.69, 9.17) is 9.84 Å². The number of aliphatic hydroxyl groups is 1. The van der Waals surface area contributed by atoms with Gasteiger partial charge in [0.2, 0.25) is 0 Å². The third-order valence-electron chi connectivity index (χ3n) is 2.15. The zero-order chi connectivity index (χ0) is 12.8. The number of phenols is 1. The minimum atomic E-state index is -1.32. The van der Waals surface area contributed by atoms with Crippen molar-refractivity contribution in [1.29, 1.82) is 0 Å². The molecule has 1 aromatic rings. The van der Waals surface area contributed by atoms with E-state index < -0.39 is 12.1 Å². The normalized spacial score (nSPS) is 11.7. The molecule has 0 saturated heterocycles. The monoisotopic (exact) mass is 236 g/mol.